The van der Waals surface area contributed by atoms with Crippen LogP contribution < -0.4 is 10.9 Å². The van der Waals surface area contributed by atoms with E-state index in [4.69, 9.17) is 19.8 Å². The first-order valence-electron chi connectivity index (χ1n) is 6.09. The summed E-state index contributed by atoms with van der Waals surface area (Å²) in [5.74, 6) is 0.338. The molecule has 0 aromatic heterocycles. The fraction of sp³-hybridized carbons (Fsp3) is 0.125. The fourth-order valence-electron chi connectivity index (χ4n) is 1.46. The van der Waals surface area contributed by atoms with E-state index in [0.717, 1.165) is 11.1 Å². The van der Waals surface area contributed by atoms with Gasteiger partial charge < -0.3 is 10.2 Å². The van der Waals surface area contributed by atoms with Crippen LogP contribution in [0.3, 0.4) is 0 Å². The minimum Gasteiger partial charge on any atom is -0.587 e. The monoisotopic (exact) mass is 508 g/mol. The number of aryl methyl sites for hydroxylation is 2. The third-order valence-corrected chi connectivity index (χ3v) is 2.52. The first-order valence-corrected chi connectivity index (χ1v) is 6.09. The van der Waals surface area contributed by atoms with E-state index < -0.39 is 0 Å². The molecule has 0 saturated carbocycles. The Morgan fingerprint density at radius 1 is 0.714 bits per heavy atom. The van der Waals surface area contributed by atoms with Crippen LogP contribution in [0.5, 0.6) is 11.5 Å². The van der Waals surface area contributed by atoms with E-state index in [1.807, 2.05) is 26.0 Å². The molecule has 0 heterocycles. The van der Waals surface area contributed by atoms with Crippen LogP contribution in [0.15, 0.2) is 48.5 Å². The van der Waals surface area contributed by atoms with Gasteiger partial charge in [0.2, 0.25) is 0 Å². The normalized spacial score (nSPS) is 8.86. The van der Waals surface area contributed by atoms with Gasteiger partial charge in [0, 0.05) is 52.1 Å². The van der Waals surface area contributed by atoms with Gasteiger partial charge in [0.25, 0.3) is 0 Å². The fourth-order valence-corrected chi connectivity index (χ4v) is 1.46. The minimum absolute atomic E-state index is 0. The molecule has 6 N–H and O–H groups in total. The Kier molecular flexibility index (Phi) is 9.01. The van der Waals surface area contributed by atoms with Gasteiger partial charge >= 0.3 is 22.4 Å². The zero-order valence-electron chi connectivity index (χ0n) is 12.0. The second-order valence-corrected chi connectivity index (χ2v) is 4.43. The average Bonchev–Trinajstić information content (AvgIpc) is 2.60. The van der Waals surface area contributed by atoms with Crippen LogP contribution in [-0.4, -0.2) is 19.8 Å². The maximum atomic E-state index is 9.02. The van der Waals surface area contributed by atoms with Crippen LogP contribution in [0, 0.1) is 53.8 Å². The largest absolute Gasteiger partial charge is 0.587 e. The summed E-state index contributed by atoms with van der Waals surface area (Å²) in [5, 5.41) is 14.5. The molecule has 0 spiro atoms. The summed E-state index contributed by atoms with van der Waals surface area (Å²) in [4.78, 5) is 18.0. The molecule has 5 heteroatoms. The molecule has 0 aliphatic heterocycles. The molecule has 2 aromatic carbocycles. The van der Waals surface area contributed by atoms with Gasteiger partial charge in [-0.05, 0) is 25.0 Å². The Labute approximate surface area is 154 Å². The molecule has 21 heavy (non-hydrogen) atoms. The zero-order valence-corrected chi connectivity index (χ0v) is 16.1. The summed E-state index contributed by atoms with van der Waals surface area (Å²) >= 11 is 0. The standard InChI is InChI=1S/2C8H8O2.Th/c2*1-6-3-2-4-7(9)8(10)5-6;/h2*2-5H,1H3,(H,9,10);/p+4. The Morgan fingerprint density at radius 3 is 1.38 bits per heavy atom. The second kappa shape index (κ2) is 9.61. The molecule has 2 rings (SSSR count). The van der Waals surface area contributed by atoms with Crippen LogP contribution in [0.1, 0.15) is 11.1 Å². The smallest absolute Gasteiger partial charge is 0.433 e. The molecule has 2 aromatic rings. The van der Waals surface area contributed by atoms with Crippen molar-refractivity contribution in [3.05, 3.63) is 70.5 Å². The van der Waals surface area contributed by atoms with E-state index in [1.54, 1.807) is 24.3 Å². The summed E-state index contributed by atoms with van der Waals surface area (Å²) < 4.78 is 0. The van der Waals surface area contributed by atoms with Gasteiger partial charge in [-0.15, -0.1) is 0 Å². The summed E-state index contributed by atoms with van der Waals surface area (Å²) in [7, 11) is 0. The molecule has 0 aliphatic carbocycles. The van der Waals surface area contributed by atoms with Gasteiger partial charge in [-0.25, -0.2) is 0 Å². The van der Waals surface area contributed by atoms with Crippen molar-refractivity contribution in [2.75, 3.05) is 0 Å². The van der Waals surface area contributed by atoms with E-state index in [1.165, 1.54) is 12.1 Å². The van der Waals surface area contributed by atoms with Crippen molar-refractivity contribution in [1.29, 1.82) is 0 Å². The van der Waals surface area contributed by atoms with Gasteiger partial charge in [-0.1, -0.05) is 24.3 Å². The van der Waals surface area contributed by atoms with Crippen molar-refractivity contribution in [2.24, 2.45) is 0 Å². The molecule has 0 amide bonds. The molecule has 0 bridgehead atoms. The molecule has 4 nitrogen and oxygen atoms in total. The Hall–Kier alpha value is -1.30. The molecule has 0 radical (unpaired) electrons. The predicted molar refractivity (Wildman–Crippen MR) is 78.6 cm³/mol. The Bertz CT molecular complexity index is 651. The first kappa shape index (κ1) is 19.7. The van der Waals surface area contributed by atoms with E-state index in [2.05, 4.69) is 0 Å². The molecular formula is C16H20O4Th+4. The van der Waals surface area contributed by atoms with Crippen molar-refractivity contribution in [3.8, 4) is 11.5 Å². The van der Waals surface area contributed by atoms with Gasteiger partial charge in [0.05, 0.1) is 12.1 Å². The molecule has 0 saturated heterocycles. The van der Waals surface area contributed by atoms with E-state index in [9.17, 15) is 0 Å². The van der Waals surface area contributed by atoms with Crippen molar-refractivity contribution < 1.29 is 59.7 Å². The topological polar surface area (TPSA) is 88.6 Å². The second-order valence-electron chi connectivity index (χ2n) is 4.43. The predicted octanol–water partition coefficient (Wildman–Crippen LogP) is 0.875. The van der Waals surface area contributed by atoms with Gasteiger partial charge in [-0.2, -0.15) is 0 Å². The molecule has 0 aliphatic rings. The molecule has 0 fully saturated rings. The summed E-state index contributed by atoms with van der Waals surface area (Å²) in [6, 6.07) is 13.4. The molecular weight excluding hydrogens is 488 g/mol. The third-order valence-electron chi connectivity index (χ3n) is 2.52. The molecule has 0 unspecified atom stereocenters. The molecule has 108 valence electrons. The van der Waals surface area contributed by atoms with Crippen LogP contribution in [0.4, 0.5) is 0 Å². The van der Waals surface area contributed by atoms with Gasteiger partial charge in [0.15, 0.2) is 0 Å². The van der Waals surface area contributed by atoms with Crippen molar-refractivity contribution in [2.45, 2.75) is 13.8 Å². The maximum Gasteiger partial charge on any atom is 0.433 e. The van der Waals surface area contributed by atoms with Crippen molar-refractivity contribution in [1.82, 2.24) is 0 Å². The summed E-state index contributed by atoms with van der Waals surface area (Å²) in [5.41, 5.74) is 2.00. The molecule has 0 atom stereocenters. The van der Waals surface area contributed by atoms with Crippen LogP contribution in [0.2, 0.25) is 0 Å². The summed E-state index contributed by atoms with van der Waals surface area (Å²) in [6.07, 6.45) is 0. The number of hydrogen-bond donors (Lipinski definition) is 0. The minimum atomic E-state index is 0. The zero-order chi connectivity index (χ0) is 15.1. The van der Waals surface area contributed by atoms with E-state index in [0.29, 0.717) is 0 Å². The van der Waals surface area contributed by atoms with Crippen molar-refractivity contribution >= 4 is 0 Å². The number of hydrogen-bond acceptors (Lipinski definition) is 0. The maximum absolute atomic E-state index is 9.02. The van der Waals surface area contributed by atoms with Crippen molar-refractivity contribution in [3.63, 3.8) is 0 Å². The van der Waals surface area contributed by atoms with Crippen LogP contribution in [-0.2, 0) is 0 Å². The van der Waals surface area contributed by atoms with E-state index >= 15 is 0 Å². The Morgan fingerprint density at radius 2 is 1.05 bits per heavy atom. The summed E-state index contributed by atoms with van der Waals surface area (Å²) in [6.45, 7) is 3.77. The van der Waals surface area contributed by atoms with Crippen LogP contribution in [0.25, 0.3) is 0 Å². The van der Waals surface area contributed by atoms with E-state index in [-0.39, 0.29) is 62.3 Å². The van der Waals surface area contributed by atoms with Gasteiger partial charge in [-0.3, -0.25) is 9.59 Å². The SMILES string of the molecule is Cc1cccc(=[OH+])c([OH2+])c1.Cc1cccc(=[OH+])c([OH2+])c1.[Th]. The third kappa shape index (κ3) is 7.32. The van der Waals surface area contributed by atoms with Crippen LogP contribution >= 0.6 is 0 Å². The average molecular weight is 508 g/mol. The quantitative estimate of drug-likeness (QED) is 0.473. The number of rotatable bonds is 0. The first-order chi connectivity index (χ1) is 9.40. The van der Waals surface area contributed by atoms with Gasteiger partial charge in [0.1, 0.15) is 0 Å². The Balaban J connectivity index is 0.000000364.